The Labute approximate surface area is 67.3 Å². The Kier molecular flexibility index (Phi) is 0.890. The molecule has 1 saturated heterocycles. The minimum Gasteiger partial charge on any atom is -0.339 e. The Morgan fingerprint density at radius 2 is 2.45 bits per heavy atom. The van der Waals surface area contributed by atoms with Gasteiger partial charge in [-0.25, -0.2) is 0 Å². The van der Waals surface area contributed by atoms with Crippen LogP contribution in [0.2, 0.25) is 0 Å². The highest BCUT2D eigenvalue weighted by atomic mass is 15.4. The summed E-state index contributed by atoms with van der Waals surface area (Å²) in [6.07, 6.45) is 4.36. The van der Waals surface area contributed by atoms with Crippen LogP contribution in [0.5, 0.6) is 0 Å². The average molecular weight is 150 g/mol. The van der Waals surface area contributed by atoms with Gasteiger partial charge in [-0.3, -0.25) is 4.99 Å². The molecule has 0 aromatic carbocycles. The molecule has 2 heterocycles. The summed E-state index contributed by atoms with van der Waals surface area (Å²) in [5, 5.41) is 0. The van der Waals surface area contributed by atoms with E-state index in [4.69, 9.17) is 0 Å². The van der Waals surface area contributed by atoms with Crippen LogP contribution in [0.25, 0.3) is 0 Å². The predicted octanol–water partition coefficient (Wildman–Crippen LogP) is 1.48. The average Bonchev–Trinajstić information content (AvgIpc) is 2.65. The monoisotopic (exact) mass is 150 g/mol. The molecule has 0 N–H and O–H groups in total. The van der Waals surface area contributed by atoms with Gasteiger partial charge in [-0.05, 0) is 12.3 Å². The van der Waals surface area contributed by atoms with Crippen LogP contribution in [0.15, 0.2) is 4.99 Å². The highest BCUT2D eigenvalue weighted by Crippen LogP contribution is 2.47. The van der Waals surface area contributed by atoms with Gasteiger partial charge in [0, 0.05) is 12.0 Å². The lowest BCUT2D eigenvalue weighted by Crippen LogP contribution is -2.65. The lowest BCUT2D eigenvalue weighted by Gasteiger charge is -2.55. The fraction of sp³-hybridized carbons (Fsp3) is 0.889. The molecule has 1 unspecified atom stereocenters. The third kappa shape index (κ3) is 0.700. The van der Waals surface area contributed by atoms with Crippen molar-refractivity contribution < 1.29 is 0 Å². The quantitative estimate of drug-likeness (QED) is 0.582. The van der Waals surface area contributed by atoms with E-state index in [9.17, 15) is 0 Å². The fourth-order valence-electron chi connectivity index (χ4n) is 2.45. The standard InChI is InChI=1S/C9H14N2/c1-9(4-7-2-3-7)5-11-6-10-8(9)11/h7H,2-6H2,1H3. The molecule has 0 radical (unpaired) electrons. The number of amidine groups is 1. The maximum Gasteiger partial charge on any atom is 0.113 e. The van der Waals surface area contributed by atoms with E-state index in [-0.39, 0.29) is 0 Å². The maximum atomic E-state index is 4.41. The number of nitrogens with zero attached hydrogens (tertiary/aromatic N) is 2. The van der Waals surface area contributed by atoms with E-state index in [1.807, 2.05) is 0 Å². The summed E-state index contributed by atoms with van der Waals surface area (Å²) in [5.41, 5.74) is 0.499. The zero-order valence-electron chi connectivity index (χ0n) is 7.01. The zero-order chi connectivity index (χ0) is 7.47. The molecule has 2 aliphatic heterocycles. The van der Waals surface area contributed by atoms with Gasteiger partial charge in [0.25, 0.3) is 0 Å². The number of hydrogen-bond acceptors (Lipinski definition) is 2. The molecule has 0 bridgehead atoms. The lowest BCUT2D eigenvalue weighted by molar-refractivity contribution is 0.144. The molecule has 0 aromatic heterocycles. The fourth-order valence-corrected chi connectivity index (χ4v) is 2.45. The van der Waals surface area contributed by atoms with Crippen LogP contribution in [0.1, 0.15) is 26.2 Å². The number of aliphatic imine (C=N–C) groups is 1. The van der Waals surface area contributed by atoms with Crippen LogP contribution in [0.4, 0.5) is 0 Å². The molecule has 2 nitrogen and oxygen atoms in total. The minimum absolute atomic E-state index is 0.499. The summed E-state index contributed by atoms with van der Waals surface area (Å²) in [6, 6.07) is 0. The van der Waals surface area contributed by atoms with Crippen molar-refractivity contribution >= 4 is 5.84 Å². The first-order valence-corrected chi connectivity index (χ1v) is 4.58. The molecule has 2 heteroatoms. The van der Waals surface area contributed by atoms with Crippen molar-refractivity contribution in [3.63, 3.8) is 0 Å². The molecule has 0 aromatic rings. The normalized spacial score (nSPS) is 40.5. The van der Waals surface area contributed by atoms with Gasteiger partial charge < -0.3 is 4.90 Å². The summed E-state index contributed by atoms with van der Waals surface area (Å²) in [4.78, 5) is 6.81. The molecular formula is C9H14N2. The topological polar surface area (TPSA) is 15.6 Å². The molecule has 0 spiro atoms. The van der Waals surface area contributed by atoms with Crippen LogP contribution >= 0.6 is 0 Å². The van der Waals surface area contributed by atoms with Crippen molar-refractivity contribution in [3.05, 3.63) is 0 Å². The van der Waals surface area contributed by atoms with Gasteiger partial charge in [0.05, 0.1) is 0 Å². The molecule has 60 valence electrons. The molecule has 3 rings (SSSR count). The summed E-state index contributed by atoms with van der Waals surface area (Å²) in [5.74, 6) is 2.45. The molecule has 1 atom stereocenters. The summed E-state index contributed by atoms with van der Waals surface area (Å²) in [6.45, 7) is 4.64. The highest BCUT2D eigenvalue weighted by Gasteiger charge is 2.51. The zero-order valence-corrected chi connectivity index (χ0v) is 7.01. The maximum absolute atomic E-state index is 4.41. The second-order valence-corrected chi connectivity index (χ2v) is 4.53. The highest BCUT2D eigenvalue weighted by molar-refractivity contribution is 5.96. The van der Waals surface area contributed by atoms with Crippen molar-refractivity contribution in [1.82, 2.24) is 4.90 Å². The SMILES string of the molecule is CC1(CC2CC2)CN2CN=C21. The Morgan fingerprint density at radius 1 is 1.64 bits per heavy atom. The summed E-state index contributed by atoms with van der Waals surface area (Å²) < 4.78 is 0. The second kappa shape index (κ2) is 1.62. The smallest absolute Gasteiger partial charge is 0.113 e. The van der Waals surface area contributed by atoms with Gasteiger partial charge in [-0.1, -0.05) is 19.8 Å². The van der Waals surface area contributed by atoms with Gasteiger partial charge in [0.15, 0.2) is 0 Å². The van der Waals surface area contributed by atoms with E-state index in [0.717, 1.165) is 12.6 Å². The van der Waals surface area contributed by atoms with Crippen LogP contribution in [0.3, 0.4) is 0 Å². The van der Waals surface area contributed by atoms with Crippen molar-refractivity contribution in [3.8, 4) is 0 Å². The van der Waals surface area contributed by atoms with Crippen LogP contribution in [0, 0.1) is 11.3 Å². The molecule has 3 aliphatic rings. The number of hydrogen-bond donors (Lipinski definition) is 0. The number of rotatable bonds is 2. The van der Waals surface area contributed by atoms with Crippen LogP contribution in [-0.2, 0) is 0 Å². The third-order valence-corrected chi connectivity index (χ3v) is 3.21. The first-order chi connectivity index (χ1) is 5.28. The minimum atomic E-state index is 0.499. The Morgan fingerprint density at radius 3 is 2.82 bits per heavy atom. The molecule has 1 saturated carbocycles. The van der Waals surface area contributed by atoms with Crippen molar-refractivity contribution in [1.29, 1.82) is 0 Å². The molecule has 2 fully saturated rings. The number of fused-ring (bicyclic) bond motifs is 1. The summed E-state index contributed by atoms with van der Waals surface area (Å²) in [7, 11) is 0. The molecule has 1 aliphatic carbocycles. The van der Waals surface area contributed by atoms with Gasteiger partial charge >= 0.3 is 0 Å². The van der Waals surface area contributed by atoms with E-state index >= 15 is 0 Å². The Hall–Kier alpha value is -0.530. The van der Waals surface area contributed by atoms with Crippen LogP contribution in [-0.4, -0.2) is 23.9 Å². The third-order valence-electron chi connectivity index (χ3n) is 3.21. The van der Waals surface area contributed by atoms with Gasteiger partial charge in [-0.2, -0.15) is 0 Å². The largest absolute Gasteiger partial charge is 0.339 e. The molecular weight excluding hydrogens is 136 g/mol. The second-order valence-electron chi connectivity index (χ2n) is 4.53. The first-order valence-electron chi connectivity index (χ1n) is 4.58. The summed E-state index contributed by atoms with van der Waals surface area (Å²) >= 11 is 0. The van der Waals surface area contributed by atoms with E-state index in [1.165, 1.54) is 31.6 Å². The molecule has 11 heavy (non-hydrogen) atoms. The van der Waals surface area contributed by atoms with Gasteiger partial charge in [0.2, 0.25) is 0 Å². The lowest BCUT2D eigenvalue weighted by atomic mass is 9.74. The van der Waals surface area contributed by atoms with Crippen molar-refractivity contribution in [2.45, 2.75) is 26.2 Å². The van der Waals surface area contributed by atoms with Crippen LogP contribution < -0.4 is 0 Å². The predicted molar refractivity (Wildman–Crippen MR) is 44.5 cm³/mol. The first kappa shape index (κ1) is 6.04. The van der Waals surface area contributed by atoms with Gasteiger partial charge in [0.1, 0.15) is 12.5 Å². The van der Waals surface area contributed by atoms with E-state index in [2.05, 4.69) is 16.8 Å². The Bertz CT molecular complexity index is 230. The van der Waals surface area contributed by atoms with Crippen molar-refractivity contribution in [2.75, 3.05) is 13.2 Å². The van der Waals surface area contributed by atoms with E-state index < -0.39 is 0 Å². The van der Waals surface area contributed by atoms with E-state index in [1.54, 1.807) is 0 Å². The molecule has 0 amide bonds. The van der Waals surface area contributed by atoms with E-state index in [0.29, 0.717) is 5.41 Å². The van der Waals surface area contributed by atoms with Gasteiger partial charge in [-0.15, -0.1) is 0 Å². The van der Waals surface area contributed by atoms with Crippen molar-refractivity contribution in [2.24, 2.45) is 16.3 Å². The Balaban J connectivity index is 1.74.